The summed E-state index contributed by atoms with van der Waals surface area (Å²) < 4.78 is 29.0. The van der Waals surface area contributed by atoms with Gasteiger partial charge in [0.05, 0.1) is 10.6 Å². The van der Waals surface area contributed by atoms with Gasteiger partial charge in [0.2, 0.25) is 0 Å². The minimum absolute atomic E-state index is 0.198. The molecule has 2 unspecified atom stereocenters. The monoisotopic (exact) mass is 382 g/mol. The highest BCUT2D eigenvalue weighted by Gasteiger charge is 2.58. The van der Waals surface area contributed by atoms with E-state index in [9.17, 15) is 8.42 Å². The van der Waals surface area contributed by atoms with Crippen LogP contribution in [-0.2, 0) is 15.4 Å². The van der Waals surface area contributed by atoms with Crippen molar-refractivity contribution in [3.05, 3.63) is 71.8 Å². The van der Waals surface area contributed by atoms with Gasteiger partial charge < -0.3 is 0 Å². The Bertz CT molecular complexity index is 980. The SMILES string of the molecule is CC(C)=CCC12CCN(C)C1N(S(=O)(=O)c1ccccc1)c1ccccc12. The standard InChI is InChI=1S/C22H26N2O2S/c1-17(2)13-14-22-15-16-23(3)21(22)24(20-12-8-7-11-19(20)22)27(25,26)18-9-5-4-6-10-18/h4-13,21H,14-16H2,1-3H3. The van der Waals surface area contributed by atoms with Crippen LogP contribution in [0.4, 0.5) is 5.69 Å². The summed E-state index contributed by atoms with van der Waals surface area (Å²) in [6.07, 6.45) is 3.86. The van der Waals surface area contributed by atoms with Crippen LogP contribution < -0.4 is 4.31 Å². The van der Waals surface area contributed by atoms with E-state index in [0.29, 0.717) is 4.90 Å². The predicted octanol–water partition coefficient (Wildman–Crippen LogP) is 4.15. The van der Waals surface area contributed by atoms with Gasteiger partial charge in [0.15, 0.2) is 0 Å². The van der Waals surface area contributed by atoms with Crippen molar-refractivity contribution < 1.29 is 8.42 Å². The minimum Gasteiger partial charge on any atom is -0.285 e. The molecule has 0 spiro atoms. The predicted molar refractivity (Wildman–Crippen MR) is 109 cm³/mol. The summed E-state index contributed by atoms with van der Waals surface area (Å²) in [5, 5.41) is 0. The van der Waals surface area contributed by atoms with Crippen LogP contribution in [0.1, 0.15) is 32.3 Å². The van der Waals surface area contributed by atoms with E-state index in [2.05, 4.69) is 30.9 Å². The average molecular weight is 383 g/mol. The third kappa shape index (κ3) is 2.72. The molecule has 0 aliphatic carbocycles. The number of hydrogen-bond acceptors (Lipinski definition) is 3. The molecular weight excluding hydrogens is 356 g/mol. The molecule has 27 heavy (non-hydrogen) atoms. The van der Waals surface area contributed by atoms with Gasteiger partial charge in [-0.2, -0.15) is 0 Å². The van der Waals surface area contributed by atoms with E-state index in [4.69, 9.17) is 0 Å². The number of rotatable bonds is 4. The lowest BCUT2D eigenvalue weighted by atomic mass is 9.76. The minimum atomic E-state index is -3.64. The van der Waals surface area contributed by atoms with Gasteiger partial charge in [0.25, 0.3) is 10.0 Å². The molecule has 2 atom stereocenters. The van der Waals surface area contributed by atoms with Gasteiger partial charge in [-0.1, -0.05) is 48.0 Å². The van der Waals surface area contributed by atoms with Crippen molar-refractivity contribution in [1.82, 2.24) is 4.90 Å². The molecule has 0 saturated carbocycles. The molecule has 5 heteroatoms. The van der Waals surface area contributed by atoms with Crippen LogP contribution in [0, 0.1) is 0 Å². The molecule has 0 radical (unpaired) electrons. The average Bonchev–Trinajstić information content (AvgIpc) is 3.14. The van der Waals surface area contributed by atoms with Crippen LogP contribution >= 0.6 is 0 Å². The molecule has 0 bridgehead atoms. The van der Waals surface area contributed by atoms with Crippen LogP contribution in [0.15, 0.2) is 71.1 Å². The maximum atomic E-state index is 13.6. The third-order valence-electron chi connectivity index (χ3n) is 5.90. The number of nitrogens with zero attached hydrogens (tertiary/aromatic N) is 2. The number of fused-ring (bicyclic) bond motifs is 3. The van der Waals surface area contributed by atoms with E-state index >= 15 is 0 Å². The van der Waals surface area contributed by atoms with Crippen LogP contribution in [0.2, 0.25) is 0 Å². The van der Waals surface area contributed by atoms with Gasteiger partial charge >= 0.3 is 0 Å². The van der Waals surface area contributed by atoms with Crippen molar-refractivity contribution in [1.29, 1.82) is 0 Å². The van der Waals surface area contributed by atoms with E-state index < -0.39 is 10.0 Å². The molecule has 0 N–H and O–H groups in total. The molecule has 2 aliphatic heterocycles. The van der Waals surface area contributed by atoms with Crippen LogP contribution in [0.25, 0.3) is 0 Å². The molecule has 1 saturated heterocycles. The van der Waals surface area contributed by atoms with Crippen molar-refractivity contribution in [3.63, 3.8) is 0 Å². The Kier molecular flexibility index (Phi) is 4.40. The van der Waals surface area contributed by atoms with Gasteiger partial charge in [-0.05, 0) is 57.5 Å². The highest BCUT2D eigenvalue weighted by molar-refractivity contribution is 7.92. The molecular formula is C22H26N2O2S. The summed E-state index contributed by atoms with van der Waals surface area (Å²) in [6.45, 7) is 5.09. The maximum absolute atomic E-state index is 13.6. The molecule has 2 aromatic rings. The lowest BCUT2D eigenvalue weighted by Crippen LogP contribution is -2.50. The van der Waals surface area contributed by atoms with Crippen LogP contribution in [0.3, 0.4) is 0 Å². The zero-order chi connectivity index (χ0) is 19.2. The smallest absolute Gasteiger partial charge is 0.265 e. The molecule has 142 valence electrons. The molecule has 2 aliphatic rings. The second-order valence-corrected chi connectivity index (χ2v) is 9.69. The summed E-state index contributed by atoms with van der Waals surface area (Å²) in [4.78, 5) is 2.54. The summed E-state index contributed by atoms with van der Waals surface area (Å²) in [6, 6.07) is 16.8. The first-order valence-electron chi connectivity index (χ1n) is 9.40. The summed E-state index contributed by atoms with van der Waals surface area (Å²) in [5.41, 5.74) is 3.03. The maximum Gasteiger partial charge on any atom is 0.265 e. The van der Waals surface area contributed by atoms with Crippen LogP contribution in [-0.4, -0.2) is 33.1 Å². The molecule has 0 aromatic heterocycles. The highest BCUT2D eigenvalue weighted by atomic mass is 32.2. The number of likely N-dealkylation sites (N-methyl/N-ethyl adjacent to an activating group) is 1. The van der Waals surface area contributed by atoms with E-state index in [-0.39, 0.29) is 11.6 Å². The number of sulfonamides is 1. The number of benzene rings is 2. The Morgan fingerprint density at radius 3 is 2.48 bits per heavy atom. The van der Waals surface area contributed by atoms with Gasteiger partial charge in [-0.3, -0.25) is 4.90 Å². The van der Waals surface area contributed by atoms with Gasteiger partial charge in [0, 0.05) is 12.0 Å². The summed E-state index contributed by atoms with van der Waals surface area (Å²) in [5.74, 6) is 0. The first-order chi connectivity index (χ1) is 12.9. The third-order valence-corrected chi connectivity index (χ3v) is 7.68. The quantitative estimate of drug-likeness (QED) is 0.746. The molecule has 0 amide bonds. The Hall–Kier alpha value is -2.11. The van der Waals surface area contributed by atoms with Crippen molar-refractivity contribution in [3.8, 4) is 0 Å². The zero-order valence-corrected chi connectivity index (χ0v) is 16.9. The Labute approximate surface area is 162 Å². The summed E-state index contributed by atoms with van der Waals surface area (Å²) in [7, 11) is -1.61. The fourth-order valence-corrected chi connectivity index (χ4v) is 6.39. The summed E-state index contributed by atoms with van der Waals surface area (Å²) >= 11 is 0. The van der Waals surface area contributed by atoms with E-state index in [1.807, 2.05) is 31.3 Å². The van der Waals surface area contributed by atoms with E-state index in [1.165, 1.54) is 5.57 Å². The first kappa shape index (κ1) is 18.3. The van der Waals surface area contributed by atoms with Gasteiger partial charge in [-0.15, -0.1) is 0 Å². The Balaban J connectivity index is 1.92. The van der Waals surface area contributed by atoms with E-state index in [0.717, 1.165) is 30.6 Å². The van der Waals surface area contributed by atoms with Gasteiger partial charge in [-0.25, -0.2) is 12.7 Å². The molecule has 2 aromatic carbocycles. The molecule has 4 nitrogen and oxygen atoms in total. The largest absolute Gasteiger partial charge is 0.285 e. The molecule has 4 rings (SSSR count). The van der Waals surface area contributed by atoms with Gasteiger partial charge in [0.1, 0.15) is 6.17 Å². The second kappa shape index (κ2) is 6.50. The lowest BCUT2D eigenvalue weighted by molar-refractivity contribution is 0.268. The van der Waals surface area contributed by atoms with Crippen molar-refractivity contribution in [2.45, 2.75) is 43.2 Å². The number of hydrogen-bond donors (Lipinski definition) is 0. The van der Waals surface area contributed by atoms with E-state index in [1.54, 1.807) is 28.6 Å². The number of para-hydroxylation sites is 1. The first-order valence-corrected chi connectivity index (χ1v) is 10.8. The Morgan fingerprint density at radius 1 is 1.11 bits per heavy atom. The number of anilines is 1. The zero-order valence-electron chi connectivity index (χ0n) is 16.1. The van der Waals surface area contributed by atoms with Crippen LogP contribution in [0.5, 0.6) is 0 Å². The normalized spacial score (nSPS) is 24.6. The number of likely N-dealkylation sites (tertiary alicyclic amines) is 1. The fourth-order valence-electron chi connectivity index (χ4n) is 4.62. The van der Waals surface area contributed by atoms with Crippen molar-refractivity contribution in [2.75, 3.05) is 17.9 Å². The Morgan fingerprint density at radius 2 is 1.78 bits per heavy atom. The second-order valence-electron chi connectivity index (χ2n) is 7.88. The molecule has 2 heterocycles. The molecule has 1 fully saturated rings. The van der Waals surface area contributed by atoms with Crippen molar-refractivity contribution in [2.24, 2.45) is 0 Å². The number of allylic oxidation sites excluding steroid dienone is 2. The fraction of sp³-hybridized carbons (Fsp3) is 0.364. The lowest BCUT2D eigenvalue weighted by Gasteiger charge is -2.36. The topological polar surface area (TPSA) is 40.6 Å². The highest BCUT2D eigenvalue weighted by Crippen LogP contribution is 2.55. The van der Waals surface area contributed by atoms with Crippen molar-refractivity contribution >= 4 is 15.7 Å².